The number of rotatable bonds is 5. The Bertz CT molecular complexity index is 443. The summed E-state index contributed by atoms with van der Waals surface area (Å²) in [5.74, 6) is 0.936. The zero-order chi connectivity index (χ0) is 11.4. The SMILES string of the molecule is CCNc1nccn1CCc1cnn(C)c1. The van der Waals surface area contributed by atoms with Crippen molar-refractivity contribution in [1.82, 2.24) is 19.3 Å². The molecule has 0 aliphatic rings. The number of imidazole rings is 1. The van der Waals surface area contributed by atoms with Gasteiger partial charge in [-0.3, -0.25) is 4.68 Å². The van der Waals surface area contributed by atoms with Crippen molar-refractivity contribution in [2.75, 3.05) is 11.9 Å². The molecule has 2 aromatic heterocycles. The van der Waals surface area contributed by atoms with Gasteiger partial charge in [-0.25, -0.2) is 4.98 Å². The van der Waals surface area contributed by atoms with Crippen LogP contribution in [0.5, 0.6) is 0 Å². The van der Waals surface area contributed by atoms with E-state index >= 15 is 0 Å². The van der Waals surface area contributed by atoms with E-state index in [2.05, 4.69) is 26.9 Å². The molecule has 0 atom stereocenters. The summed E-state index contributed by atoms with van der Waals surface area (Å²) in [4.78, 5) is 4.25. The molecule has 0 bridgehead atoms. The first-order chi connectivity index (χ1) is 7.79. The van der Waals surface area contributed by atoms with Crippen molar-refractivity contribution in [3.8, 4) is 0 Å². The van der Waals surface area contributed by atoms with Gasteiger partial charge in [0, 0.05) is 38.7 Å². The van der Waals surface area contributed by atoms with Crippen LogP contribution in [0, 0.1) is 0 Å². The van der Waals surface area contributed by atoms with Crippen LogP contribution in [0.1, 0.15) is 12.5 Å². The standard InChI is InChI=1S/C11H17N5/c1-3-12-11-13-5-7-16(11)6-4-10-8-14-15(2)9-10/h5,7-9H,3-4,6H2,1-2H3,(H,12,13). The highest BCUT2D eigenvalue weighted by Crippen LogP contribution is 2.06. The van der Waals surface area contributed by atoms with Crippen LogP contribution < -0.4 is 5.32 Å². The fourth-order valence-corrected chi connectivity index (χ4v) is 1.67. The van der Waals surface area contributed by atoms with Crippen LogP contribution in [0.15, 0.2) is 24.8 Å². The van der Waals surface area contributed by atoms with E-state index in [1.54, 1.807) is 0 Å². The third-order valence-corrected chi connectivity index (χ3v) is 2.45. The quantitative estimate of drug-likeness (QED) is 0.824. The van der Waals surface area contributed by atoms with Gasteiger partial charge in [0.05, 0.1) is 6.20 Å². The molecule has 0 spiro atoms. The van der Waals surface area contributed by atoms with Gasteiger partial charge >= 0.3 is 0 Å². The first kappa shape index (κ1) is 10.7. The van der Waals surface area contributed by atoms with Crippen molar-refractivity contribution < 1.29 is 0 Å². The fraction of sp³-hybridized carbons (Fsp3) is 0.455. The van der Waals surface area contributed by atoms with E-state index in [-0.39, 0.29) is 0 Å². The Kier molecular flexibility index (Phi) is 3.24. The average molecular weight is 219 g/mol. The van der Waals surface area contributed by atoms with Crippen molar-refractivity contribution in [2.24, 2.45) is 7.05 Å². The molecule has 86 valence electrons. The topological polar surface area (TPSA) is 47.7 Å². The second kappa shape index (κ2) is 4.83. The first-order valence-electron chi connectivity index (χ1n) is 5.52. The van der Waals surface area contributed by atoms with Crippen molar-refractivity contribution >= 4 is 5.95 Å². The number of nitrogens with one attached hydrogen (secondary N) is 1. The minimum atomic E-state index is 0.893. The molecular formula is C11H17N5. The lowest BCUT2D eigenvalue weighted by atomic mass is 10.2. The van der Waals surface area contributed by atoms with E-state index in [4.69, 9.17) is 0 Å². The van der Waals surface area contributed by atoms with Gasteiger partial charge in [0.25, 0.3) is 0 Å². The van der Waals surface area contributed by atoms with E-state index in [1.165, 1.54) is 5.56 Å². The number of nitrogens with zero attached hydrogens (tertiary/aromatic N) is 4. The maximum Gasteiger partial charge on any atom is 0.202 e. The maximum absolute atomic E-state index is 4.25. The summed E-state index contributed by atoms with van der Waals surface area (Å²) in [6.45, 7) is 3.89. The normalized spacial score (nSPS) is 10.6. The van der Waals surface area contributed by atoms with Crippen LogP contribution in [-0.4, -0.2) is 25.9 Å². The van der Waals surface area contributed by atoms with Crippen molar-refractivity contribution in [3.63, 3.8) is 0 Å². The van der Waals surface area contributed by atoms with Gasteiger partial charge in [-0.1, -0.05) is 0 Å². The lowest BCUT2D eigenvalue weighted by Crippen LogP contribution is -2.07. The summed E-state index contributed by atoms with van der Waals surface area (Å²) >= 11 is 0. The Labute approximate surface area is 95.1 Å². The molecule has 5 nitrogen and oxygen atoms in total. The maximum atomic E-state index is 4.25. The predicted molar refractivity (Wildman–Crippen MR) is 63.3 cm³/mol. The Balaban J connectivity index is 1.96. The van der Waals surface area contributed by atoms with Crippen molar-refractivity contribution in [3.05, 3.63) is 30.4 Å². The Morgan fingerprint density at radius 1 is 1.44 bits per heavy atom. The smallest absolute Gasteiger partial charge is 0.202 e. The molecule has 0 amide bonds. The van der Waals surface area contributed by atoms with Gasteiger partial charge in [0.2, 0.25) is 5.95 Å². The summed E-state index contributed by atoms with van der Waals surface area (Å²) in [6, 6.07) is 0. The summed E-state index contributed by atoms with van der Waals surface area (Å²) in [6.07, 6.45) is 8.74. The van der Waals surface area contributed by atoms with Gasteiger partial charge < -0.3 is 9.88 Å². The van der Waals surface area contributed by atoms with E-state index in [0.29, 0.717) is 0 Å². The molecule has 2 heterocycles. The lowest BCUT2D eigenvalue weighted by Gasteiger charge is -2.07. The second-order valence-corrected chi connectivity index (χ2v) is 3.75. The molecule has 16 heavy (non-hydrogen) atoms. The molecule has 0 fully saturated rings. The lowest BCUT2D eigenvalue weighted by molar-refractivity contribution is 0.699. The molecule has 0 saturated carbocycles. The fourth-order valence-electron chi connectivity index (χ4n) is 1.67. The van der Waals surface area contributed by atoms with Gasteiger partial charge in [-0.2, -0.15) is 5.10 Å². The monoisotopic (exact) mass is 219 g/mol. The van der Waals surface area contributed by atoms with Gasteiger partial charge in [0.15, 0.2) is 0 Å². The van der Waals surface area contributed by atoms with Crippen LogP contribution in [0.4, 0.5) is 5.95 Å². The molecule has 0 aliphatic heterocycles. The number of aryl methyl sites for hydroxylation is 3. The van der Waals surface area contributed by atoms with Crippen LogP contribution in [0.25, 0.3) is 0 Å². The third kappa shape index (κ3) is 2.42. The molecule has 0 aromatic carbocycles. The number of hydrogen-bond acceptors (Lipinski definition) is 3. The van der Waals surface area contributed by atoms with Crippen LogP contribution in [0.3, 0.4) is 0 Å². The highest BCUT2D eigenvalue weighted by atomic mass is 15.2. The predicted octanol–water partition coefficient (Wildman–Crippen LogP) is 1.29. The van der Waals surface area contributed by atoms with Gasteiger partial charge in [-0.15, -0.1) is 0 Å². The minimum absolute atomic E-state index is 0.893. The van der Waals surface area contributed by atoms with Crippen molar-refractivity contribution in [2.45, 2.75) is 19.9 Å². The number of anilines is 1. The van der Waals surface area contributed by atoms with Gasteiger partial charge in [0.1, 0.15) is 0 Å². The van der Waals surface area contributed by atoms with Crippen molar-refractivity contribution in [1.29, 1.82) is 0 Å². The van der Waals surface area contributed by atoms with E-state index in [9.17, 15) is 0 Å². The molecular weight excluding hydrogens is 202 g/mol. The molecule has 0 radical (unpaired) electrons. The molecule has 0 unspecified atom stereocenters. The molecule has 1 N–H and O–H groups in total. The molecule has 5 heteroatoms. The molecule has 2 rings (SSSR count). The molecule has 2 aromatic rings. The summed E-state index contributed by atoms with van der Waals surface area (Å²) in [7, 11) is 1.94. The highest BCUT2D eigenvalue weighted by Gasteiger charge is 2.02. The zero-order valence-corrected chi connectivity index (χ0v) is 9.72. The van der Waals surface area contributed by atoms with Crippen LogP contribution >= 0.6 is 0 Å². The van der Waals surface area contributed by atoms with E-state index in [0.717, 1.165) is 25.5 Å². The van der Waals surface area contributed by atoms with Crippen LogP contribution in [-0.2, 0) is 20.0 Å². The summed E-state index contributed by atoms with van der Waals surface area (Å²) in [5, 5.41) is 7.38. The zero-order valence-electron chi connectivity index (χ0n) is 9.72. The number of hydrogen-bond donors (Lipinski definition) is 1. The average Bonchev–Trinajstić information content (AvgIpc) is 2.85. The highest BCUT2D eigenvalue weighted by molar-refractivity contribution is 5.25. The van der Waals surface area contributed by atoms with Gasteiger partial charge in [-0.05, 0) is 18.9 Å². The second-order valence-electron chi connectivity index (χ2n) is 3.75. The Morgan fingerprint density at radius 2 is 2.31 bits per heavy atom. The summed E-state index contributed by atoms with van der Waals surface area (Å²) in [5.41, 5.74) is 1.25. The first-order valence-corrected chi connectivity index (χ1v) is 5.52. The molecule has 0 aliphatic carbocycles. The van der Waals surface area contributed by atoms with Crippen LogP contribution in [0.2, 0.25) is 0 Å². The largest absolute Gasteiger partial charge is 0.356 e. The third-order valence-electron chi connectivity index (χ3n) is 2.45. The Hall–Kier alpha value is -1.78. The summed E-state index contributed by atoms with van der Waals surface area (Å²) < 4.78 is 3.95. The van der Waals surface area contributed by atoms with E-state index in [1.807, 2.05) is 36.5 Å². The Morgan fingerprint density at radius 3 is 3.00 bits per heavy atom. The van der Waals surface area contributed by atoms with E-state index < -0.39 is 0 Å². The minimum Gasteiger partial charge on any atom is -0.356 e. The molecule has 0 saturated heterocycles. The number of aromatic nitrogens is 4.